The van der Waals surface area contributed by atoms with Crippen molar-refractivity contribution in [2.24, 2.45) is 0 Å². The molecule has 3 aromatic carbocycles. The fourth-order valence-corrected chi connectivity index (χ4v) is 3.20. The molecule has 0 radical (unpaired) electrons. The zero-order chi connectivity index (χ0) is 16.5. The average molecular weight is 313 g/mol. The molecule has 0 N–H and O–H groups in total. The van der Waals surface area contributed by atoms with Gasteiger partial charge in [0.15, 0.2) is 0 Å². The number of fused-ring (bicyclic) bond motifs is 1. The van der Waals surface area contributed by atoms with Crippen LogP contribution in [0.2, 0.25) is 0 Å². The molecule has 24 heavy (non-hydrogen) atoms. The summed E-state index contributed by atoms with van der Waals surface area (Å²) in [5.41, 5.74) is 5.83. The van der Waals surface area contributed by atoms with Crippen LogP contribution in [0.3, 0.4) is 0 Å². The number of hydrogen-bond donors (Lipinski definition) is 0. The standard InChI is InChI=1S/C22H19NO/c1-16-12-13-18(15-22(16)24-2)21-14-17-8-6-7-11-20(17)23(21)19-9-4-3-5-10-19/h3-15H,1-2H3. The van der Waals surface area contributed by atoms with Gasteiger partial charge >= 0.3 is 0 Å². The summed E-state index contributed by atoms with van der Waals surface area (Å²) >= 11 is 0. The predicted molar refractivity (Wildman–Crippen MR) is 100 cm³/mol. The number of nitrogens with zero attached hydrogens (tertiary/aromatic N) is 1. The number of para-hydroxylation sites is 2. The van der Waals surface area contributed by atoms with E-state index in [-0.39, 0.29) is 0 Å². The first kappa shape index (κ1) is 14.6. The molecule has 0 aliphatic heterocycles. The molecule has 1 aromatic heterocycles. The van der Waals surface area contributed by atoms with E-state index in [2.05, 4.69) is 84.3 Å². The van der Waals surface area contributed by atoms with Gasteiger partial charge in [-0.2, -0.15) is 0 Å². The smallest absolute Gasteiger partial charge is 0.122 e. The van der Waals surface area contributed by atoms with Crippen molar-refractivity contribution in [1.82, 2.24) is 4.57 Å². The van der Waals surface area contributed by atoms with E-state index in [9.17, 15) is 0 Å². The van der Waals surface area contributed by atoms with Crippen molar-refractivity contribution < 1.29 is 4.74 Å². The fourth-order valence-electron chi connectivity index (χ4n) is 3.20. The Morgan fingerprint density at radius 2 is 1.54 bits per heavy atom. The zero-order valence-corrected chi connectivity index (χ0v) is 13.9. The van der Waals surface area contributed by atoms with E-state index in [4.69, 9.17) is 4.74 Å². The average Bonchev–Trinajstić information content (AvgIpc) is 3.02. The van der Waals surface area contributed by atoms with Gasteiger partial charge in [-0.25, -0.2) is 0 Å². The van der Waals surface area contributed by atoms with Crippen LogP contribution in [0, 0.1) is 6.92 Å². The molecular weight excluding hydrogens is 294 g/mol. The quantitative estimate of drug-likeness (QED) is 0.479. The van der Waals surface area contributed by atoms with E-state index >= 15 is 0 Å². The van der Waals surface area contributed by atoms with E-state index in [1.807, 2.05) is 6.07 Å². The second-order valence-corrected chi connectivity index (χ2v) is 5.94. The normalized spacial score (nSPS) is 10.9. The van der Waals surface area contributed by atoms with Gasteiger partial charge in [0.05, 0.1) is 18.3 Å². The summed E-state index contributed by atoms with van der Waals surface area (Å²) < 4.78 is 7.82. The SMILES string of the molecule is COc1cc(-c2cc3ccccc3n2-c2ccccc2)ccc1C. The highest BCUT2D eigenvalue weighted by atomic mass is 16.5. The number of aromatic nitrogens is 1. The lowest BCUT2D eigenvalue weighted by Crippen LogP contribution is -1.97. The second-order valence-electron chi connectivity index (χ2n) is 5.94. The third kappa shape index (κ3) is 2.37. The first-order chi connectivity index (χ1) is 11.8. The van der Waals surface area contributed by atoms with E-state index < -0.39 is 0 Å². The Morgan fingerprint density at radius 1 is 0.792 bits per heavy atom. The van der Waals surface area contributed by atoms with Crippen LogP contribution >= 0.6 is 0 Å². The van der Waals surface area contributed by atoms with Crippen LogP contribution in [-0.2, 0) is 0 Å². The van der Waals surface area contributed by atoms with Crippen molar-refractivity contribution >= 4 is 10.9 Å². The summed E-state index contributed by atoms with van der Waals surface area (Å²) in [6, 6.07) is 27.6. The molecule has 0 amide bonds. The third-order valence-corrected chi connectivity index (χ3v) is 4.43. The molecule has 0 fully saturated rings. The van der Waals surface area contributed by atoms with Crippen molar-refractivity contribution in [3.63, 3.8) is 0 Å². The Kier molecular flexibility index (Phi) is 3.58. The molecule has 0 saturated heterocycles. The van der Waals surface area contributed by atoms with Gasteiger partial charge in [-0.1, -0.05) is 48.5 Å². The minimum absolute atomic E-state index is 0.914. The van der Waals surface area contributed by atoms with Crippen molar-refractivity contribution in [1.29, 1.82) is 0 Å². The Morgan fingerprint density at radius 3 is 2.33 bits per heavy atom. The maximum atomic E-state index is 5.52. The van der Waals surface area contributed by atoms with Crippen LogP contribution in [0.15, 0.2) is 78.9 Å². The summed E-state index contributed by atoms with van der Waals surface area (Å²) in [4.78, 5) is 0. The molecule has 0 aliphatic carbocycles. The number of ether oxygens (including phenoxy) is 1. The molecule has 1 heterocycles. The van der Waals surface area contributed by atoms with Crippen molar-refractivity contribution in [2.75, 3.05) is 7.11 Å². The number of aryl methyl sites for hydroxylation is 1. The van der Waals surface area contributed by atoms with E-state index in [1.54, 1.807) is 7.11 Å². The molecule has 0 aliphatic rings. The first-order valence-electron chi connectivity index (χ1n) is 8.09. The van der Waals surface area contributed by atoms with Gasteiger partial charge < -0.3 is 9.30 Å². The van der Waals surface area contributed by atoms with Crippen molar-refractivity contribution in [3.8, 4) is 22.7 Å². The summed E-state index contributed by atoms with van der Waals surface area (Å²) in [6.45, 7) is 2.06. The first-order valence-corrected chi connectivity index (χ1v) is 8.09. The van der Waals surface area contributed by atoms with Crippen LogP contribution in [0.25, 0.3) is 27.8 Å². The van der Waals surface area contributed by atoms with Crippen LogP contribution in [0.1, 0.15) is 5.56 Å². The second kappa shape index (κ2) is 5.89. The van der Waals surface area contributed by atoms with Gasteiger partial charge in [0.25, 0.3) is 0 Å². The van der Waals surface area contributed by atoms with Crippen LogP contribution < -0.4 is 4.74 Å². The molecule has 0 bridgehead atoms. The molecule has 0 spiro atoms. The zero-order valence-electron chi connectivity index (χ0n) is 13.9. The Bertz CT molecular complexity index is 999. The van der Waals surface area contributed by atoms with E-state index in [0.29, 0.717) is 0 Å². The van der Waals surface area contributed by atoms with Crippen molar-refractivity contribution in [3.05, 3.63) is 84.4 Å². The van der Waals surface area contributed by atoms with Crippen LogP contribution in [0.5, 0.6) is 5.75 Å². The lowest BCUT2D eigenvalue weighted by atomic mass is 10.1. The molecular formula is C22H19NO. The molecule has 118 valence electrons. The molecule has 0 saturated carbocycles. The summed E-state index contributed by atoms with van der Waals surface area (Å²) in [7, 11) is 1.72. The minimum atomic E-state index is 0.914. The minimum Gasteiger partial charge on any atom is -0.496 e. The largest absolute Gasteiger partial charge is 0.496 e. The molecule has 4 aromatic rings. The highest BCUT2D eigenvalue weighted by Gasteiger charge is 2.13. The third-order valence-electron chi connectivity index (χ3n) is 4.43. The summed E-state index contributed by atoms with van der Waals surface area (Å²) in [5, 5.41) is 1.23. The Labute approximate surface area is 141 Å². The maximum Gasteiger partial charge on any atom is 0.122 e. The predicted octanol–water partition coefficient (Wildman–Crippen LogP) is 5.61. The molecule has 0 unspecified atom stereocenters. The maximum absolute atomic E-state index is 5.52. The van der Waals surface area contributed by atoms with Gasteiger partial charge in [0, 0.05) is 16.6 Å². The number of hydrogen-bond acceptors (Lipinski definition) is 1. The summed E-state index contributed by atoms with van der Waals surface area (Å²) in [6.07, 6.45) is 0. The van der Waals surface area contributed by atoms with Gasteiger partial charge in [-0.15, -0.1) is 0 Å². The Balaban J connectivity index is 2.02. The molecule has 0 atom stereocenters. The van der Waals surface area contributed by atoms with Gasteiger partial charge in [0.1, 0.15) is 5.75 Å². The van der Waals surface area contributed by atoms with E-state index in [1.165, 1.54) is 16.6 Å². The highest BCUT2D eigenvalue weighted by molar-refractivity contribution is 5.89. The van der Waals surface area contributed by atoms with Gasteiger partial charge in [0.2, 0.25) is 0 Å². The van der Waals surface area contributed by atoms with E-state index in [0.717, 1.165) is 22.6 Å². The van der Waals surface area contributed by atoms with Crippen LogP contribution in [-0.4, -0.2) is 11.7 Å². The van der Waals surface area contributed by atoms with Crippen molar-refractivity contribution in [2.45, 2.75) is 6.92 Å². The number of methoxy groups -OCH3 is 1. The lowest BCUT2D eigenvalue weighted by molar-refractivity contribution is 0.412. The molecule has 4 rings (SSSR count). The summed E-state index contributed by atoms with van der Waals surface area (Å²) in [5.74, 6) is 0.914. The number of benzene rings is 3. The fraction of sp³-hybridized carbons (Fsp3) is 0.0909. The van der Waals surface area contributed by atoms with Crippen LogP contribution in [0.4, 0.5) is 0 Å². The topological polar surface area (TPSA) is 14.2 Å². The monoisotopic (exact) mass is 313 g/mol. The Hall–Kier alpha value is -3.00. The molecule has 2 nitrogen and oxygen atoms in total. The van der Waals surface area contributed by atoms with Gasteiger partial charge in [-0.3, -0.25) is 0 Å². The highest BCUT2D eigenvalue weighted by Crippen LogP contribution is 2.33. The van der Waals surface area contributed by atoms with Gasteiger partial charge in [-0.05, 0) is 42.8 Å². The molecule has 2 heteroatoms. The lowest BCUT2D eigenvalue weighted by Gasteiger charge is -2.13. The number of rotatable bonds is 3.